The second-order valence-electron chi connectivity index (χ2n) is 7.06. The van der Waals surface area contributed by atoms with Gasteiger partial charge < -0.3 is 16.0 Å². The summed E-state index contributed by atoms with van der Waals surface area (Å²) in [4.78, 5) is 43.5. The van der Waals surface area contributed by atoms with Crippen LogP contribution in [0, 0.1) is 0 Å². The number of amides is 3. The molecule has 2 aromatic heterocycles. The molecular weight excluding hydrogens is 388 g/mol. The maximum Gasteiger partial charge on any atom is 0.259 e. The lowest BCUT2D eigenvalue weighted by molar-refractivity contribution is -0.114. The Hall–Kier alpha value is -3.26. The third kappa shape index (κ3) is 3.71. The molecule has 3 amide bonds. The number of nitrogens with zero attached hydrogens (tertiary/aromatic N) is 2. The van der Waals surface area contributed by atoms with Crippen LogP contribution in [0.15, 0.2) is 42.6 Å². The van der Waals surface area contributed by atoms with Crippen LogP contribution in [-0.4, -0.2) is 40.7 Å². The molecule has 1 atom stereocenters. The summed E-state index contributed by atoms with van der Waals surface area (Å²) in [5.74, 6) is -0.645. The zero-order valence-corrected chi connectivity index (χ0v) is 16.7. The van der Waals surface area contributed by atoms with Crippen LogP contribution in [0.5, 0.6) is 0 Å². The van der Waals surface area contributed by atoms with Gasteiger partial charge in [0.2, 0.25) is 5.91 Å². The minimum Gasteiger partial charge on any atom is -0.365 e. The molecule has 1 unspecified atom stereocenters. The lowest BCUT2D eigenvalue weighted by atomic mass is 9.95. The predicted molar refractivity (Wildman–Crippen MR) is 112 cm³/mol. The summed E-state index contributed by atoms with van der Waals surface area (Å²) in [7, 11) is 0. The fourth-order valence-electron chi connectivity index (χ4n) is 3.80. The number of hydrogen-bond acceptors (Lipinski definition) is 5. The smallest absolute Gasteiger partial charge is 0.259 e. The fourth-order valence-corrected chi connectivity index (χ4v) is 4.88. The number of aromatic nitrogens is 1. The van der Waals surface area contributed by atoms with Crippen molar-refractivity contribution in [2.75, 3.05) is 18.4 Å². The van der Waals surface area contributed by atoms with Crippen molar-refractivity contribution in [3.8, 4) is 0 Å². The highest BCUT2D eigenvalue weighted by atomic mass is 32.1. The summed E-state index contributed by atoms with van der Waals surface area (Å²) in [5, 5.41) is 3.62. The molecule has 148 valence electrons. The Bertz CT molecular complexity index is 1110. The molecule has 1 aromatic carbocycles. The standard InChI is InChI=1S/C21H20N4O3S/c1-12(26)24-15-6-4-13(5-7-15)21(28)25-10-8-14(11-25)17-16-3-2-9-23-20(16)29-18(17)19(22)27/h2-7,9,14H,8,10-11H2,1H3,(H2,22,27)(H,24,26). The van der Waals surface area contributed by atoms with E-state index in [1.165, 1.54) is 18.3 Å². The number of fused-ring (bicyclic) bond motifs is 1. The highest BCUT2D eigenvalue weighted by Gasteiger charge is 2.32. The number of likely N-dealkylation sites (tertiary alicyclic amines) is 1. The summed E-state index contributed by atoms with van der Waals surface area (Å²) in [5.41, 5.74) is 7.73. The molecule has 0 saturated carbocycles. The van der Waals surface area contributed by atoms with Crippen molar-refractivity contribution in [1.29, 1.82) is 0 Å². The average Bonchev–Trinajstić information content (AvgIpc) is 3.32. The number of rotatable bonds is 4. The number of nitrogens with two attached hydrogens (primary N) is 1. The number of nitrogens with one attached hydrogen (secondary N) is 1. The number of benzene rings is 1. The quantitative estimate of drug-likeness (QED) is 0.692. The summed E-state index contributed by atoms with van der Waals surface area (Å²) < 4.78 is 0. The van der Waals surface area contributed by atoms with E-state index in [1.54, 1.807) is 35.4 Å². The van der Waals surface area contributed by atoms with Crippen LogP contribution in [0.4, 0.5) is 5.69 Å². The molecule has 1 saturated heterocycles. The Kier molecular flexibility index (Phi) is 5.02. The molecule has 7 nitrogen and oxygen atoms in total. The minimum atomic E-state index is -0.457. The number of carbonyl (C=O) groups excluding carboxylic acids is 3. The molecule has 1 aliphatic rings. The number of carbonyl (C=O) groups is 3. The van der Waals surface area contributed by atoms with Gasteiger partial charge in [0.1, 0.15) is 4.83 Å². The summed E-state index contributed by atoms with van der Waals surface area (Å²) in [6.45, 7) is 2.56. The SMILES string of the molecule is CC(=O)Nc1ccc(C(=O)N2CCC(c3c(C(N)=O)sc4ncccc34)C2)cc1. The van der Waals surface area contributed by atoms with Crippen molar-refractivity contribution >= 4 is 45.0 Å². The van der Waals surface area contributed by atoms with Crippen LogP contribution in [0.1, 0.15) is 44.9 Å². The van der Waals surface area contributed by atoms with Gasteiger partial charge in [0.25, 0.3) is 11.8 Å². The van der Waals surface area contributed by atoms with E-state index >= 15 is 0 Å². The number of hydrogen-bond donors (Lipinski definition) is 2. The van der Waals surface area contributed by atoms with E-state index < -0.39 is 5.91 Å². The summed E-state index contributed by atoms with van der Waals surface area (Å²) in [6.07, 6.45) is 2.46. The van der Waals surface area contributed by atoms with Crippen LogP contribution < -0.4 is 11.1 Å². The van der Waals surface area contributed by atoms with E-state index in [-0.39, 0.29) is 17.7 Å². The molecule has 0 spiro atoms. The van der Waals surface area contributed by atoms with Gasteiger partial charge >= 0.3 is 0 Å². The molecule has 0 radical (unpaired) electrons. The van der Waals surface area contributed by atoms with Gasteiger partial charge in [-0.25, -0.2) is 4.98 Å². The van der Waals surface area contributed by atoms with Crippen LogP contribution in [-0.2, 0) is 4.79 Å². The predicted octanol–water partition coefficient (Wildman–Crippen LogP) is 2.98. The molecule has 1 aliphatic heterocycles. The normalized spacial score (nSPS) is 16.2. The molecule has 4 rings (SSSR count). The largest absolute Gasteiger partial charge is 0.365 e. The van der Waals surface area contributed by atoms with Crippen LogP contribution in [0.3, 0.4) is 0 Å². The Morgan fingerprint density at radius 2 is 1.97 bits per heavy atom. The molecule has 3 aromatic rings. The van der Waals surface area contributed by atoms with Gasteiger partial charge in [-0.05, 0) is 42.3 Å². The Labute approximate surface area is 171 Å². The van der Waals surface area contributed by atoms with Crippen molar-refractivity contribution in [3.05, 3.63) is 58.6 Å². The van der Waals surface area contributed by atoms with Crippen LogP contribution in [0.25, 0.3) is 10.2 Å². The maximum absolute atomic E-state index is 12.9. The first-order chi connectivity index (χ1) is 13.9. The van der Waals surface area contributed by atoms with E-state index in [4.69, 9.17) is 5.73 Å². The third-order valence-electron chi connectivity index (χ3n) is 5.06. The molecular formula is C21H20N4O3S. The first-order valence-electron chi connectivity index (χ1n) is 9.28. The van der Waals surface area contributed by atoms with Crippen LogP contribution >= 0.6 is 11.3 Å². The monoisotopic (exact) mass is 408 g/mol. The van der Waals surface area contributed by atoms with Gasteiger partial charge in [-0.1, -0.05) is 6.07 Å². The van der Waals surface area contributed by atoms with Crippen molar-refractivity contribution in [2.24, 2.45) is 5.73 Å². The first kappa shape index (κ1) is 19.1. The molecule has 1 fully saturated rings. The zero-order chi connectivity index (χ0) is 20.5. The highest BCUT2D eigenvalue weighted by molar-refractivity contribution is 7.20. The topological polar surface area (TPSA) is 105 Å². The van der Waals surface area contributed by atoms with E-state index in [0.29, 0.717) is 29.2 Å². The van der Waals surface area contributed by atoms with Crippen LogP contribution in [0.2, 0.25) is 0 Å². The number of thiophene rings is 1. The first-order valence-corrected chi connectivity index (χ1v) is 10.1. The van der Waals surface area contributed by atoms with Crippen molar-refractivity contribution in [1.82, 2.24) is 9.88 Å². The third-order valence-corrected chi connectivity index (χ3v) is 6.21. The molecule has 3 N–H and O–H groups in total. The lowest BCUT2D eigenvalue weighted by Gasteiger charge is -2.17. The summed E-state index contributed by atoms with van der Waals surface area (Å²) in [6, 6.07) is 10.6. The Morgan fingerprint density at radius 3 is 2.66 bits per heavy atom. The second-order valence-corrected chi connectivity index (χ2v) is 8.06. The zero-order valence-electron chi connectivity index (χ0n) is 15.8. The average molecular weight is 408 g/mol. The number of primary amides is 1. The minimum absolute atomic E-state index is 0.0399. The van der Waals surface area contributed by atoms with E-state index in [9.17, 15) is 14.4 Å². The molecule has 8 heteroatoms. The van der Waals surface area contributed by atoms with Gasteiger partial charge in [0, 0.05) is 48.8 Å². The fraction of sp³-hybridized carbons (Fsp3) is 0.238. The van der Waals surface area contributed by atoms with Gasteiger partial charge in [-0.15, -0.1) is 11.3 Å². The van der Waals surface area contributed by atoms with E-state index in [0.717, 1.165) is 22.2 Å². The molecule has 3 heterocycles. The van der Waals surface area contributed by atoms with Gasteiger partial charge in [0.15, 0.2) is 0 Å². The molecule has 0 aliphatic carbocycles. The number of pyridine rings is 1. The Balaban J connectivity index is 1.56. The van der Waals surface area contributed by atoms with Gasteiger partial charge in [-0.3, -0.25) is 14.4 Å². The van der Waals surface area contributed by atoms with E-state index in [2.05, 4.69) is 10.3 Å². The van der Waals surface area contributed by atoms with Crippen molar-refractivity contribution < 1.29 is 14.4 Å². The van der Waals surface area contributed by atoms with E-state index in [1.807, 2.05) is 12.1 Å². The van der Waals surface area contributed by atoms with Gasteiger partial charge in [-0.2, -0.15) is 0 Å². The highest BCUT2D eigenvalue weighted by Crippen LogP contribution is 2.39. The lowest BCUT2D eigenvalue weighted by Crippen LogP contribution is -2.28. The Morgan fingerprint density at radius 1 is 1.21 bits per heavy atom. The van der Waals surface area contributed by atoms with Crippen molar-refractivity contribution in [2.45, 2.75) is 19.3 Å². The maximum atomic E-state index is 12.9. The molecule has 0 bridgehead atoms. The van der Waals surface area contributed by atoms with Gasteiger partial charge in [0.05, 0.1) is 4.88 Å². The van der Waals surface area contributed by atoms with Crippen molar-refractivity contribution in [3.63, 3.8) is 0 Å². The molecule has 29 heavy (non-hydrogen) atoms. The number of anilines is 1. The second kappa shape index (κ2) is 7.63. The summed E-state index contributed by atoms with van der Waals surface area (Å²) >= 11 is 1.31.